The van der Waals surface area contributed by atoms with Gasteiger partial charge in [-0.05, 0) is 119 Å². The maximum Gasteiger partial charge on any atom is 0.192 e. The molecule has 2 aliphatic rings. The minimum atomic E-state index is -0.494. The Kier molecular flexibility index (Phi) is 14.2. The lowest BCUT2D eigenvalue weighted by molar-refractivity contribution is -0.123. The standard InChI is InChI=1S/C38H56N4O7/c1-40-26-38(17-13-27(25-38)14-20-48-19-8-18-43)49-33-22-28(21-30(35(33)46)42-36(39)41-2)9-4-5-10-34(45)37(15-6-7-16-37)24-29-11-12-31(44)32(23-29)47-3/h5,10-12,21-23,27,40,43-44,46H,4,6-9,13-20,24-26H2,1-3H3,(H3,39,41,42)/b10-5+/t27-,38+/m0/s1. The number of likely N-dealkylation sites (N-methyl/N-ethyl adjacent to an activating group) is 1. The zero-order valence-corrected chi connectivity index (χ0v) is 29.4. The maximum absolute atomic E-state index is 13.7. The lowest BCUT2D eigenvalue weighted by Crippen LogP contribution is -2.42. The first-order valence-corrected chi connectivity index (χ1v) is 17.6. The van der Waals surface area contributed by atoms with Crippen LogP contribution in [0.1, 0.15) is 75.3 Å². The van der Waals surface area contributed by atoms with Gasteiger partial charge in [0.25, 0.3) is 0 Å². The molecule has 11 nitrogen and oxygen atoms in total. The van der Waals surface area contributed by atoms with Crippen LogP contribution in [0.15, 0.2) is 47.5 Å². The molecule has 0 radical (unpaired) electrons. The summed E-state index contributed by atoms with van der Waals surface area (Å²) < 4.78 is 17.7. The predicted octanol–water partition coefficient (Wildman–Crippen LogP) is 5.25. The molecule has 0 aliphatic heterocycles. The van der Waals surface area contributed by atoms with Gasteiger partial charge in [0.1, 0.15) is 5.60 Å². The van der Waals surface area contributed by atoms with Crippen LogP contribution in [0.4, 0.5) is 5.69 Å². The second kappa shape index (κ2) is 18.3. The zero-order chi connectivity index (χ0) is 35.3. The van der Waals surface area contributed by atoms with E-state index in [4.69, 9.17) is 25.1 Å². The number of benzene rings is 2. The van der Waals surface area contributed by atoms with Crippen LogP contribution in [0, 0.1) is 11.3 Å². The van der Waals surface area contributed by atoms with Crippen molar-refractivity contribution in [2.45, 2.75) is 82.7 Å². The molecule has 2 saturated carbocycles. The molecule has 0 spiro atoms. The van der Waals surface area contributed by atoms with Gasteiger partial charge in [-0.15, -0.1) is 0 Å². The highest BCUT2D eigenvalue weighted by Crippen LogP contribution is 2.45. The number of nitrogens with two attached hydrogens (primary N) is 1. The fourth-order valence-corrected chi connectivity index (χ4v) is 7.39. The van der Waals surface area contributed by atoms with E-state index in [1.54, 1.807) is 19.2 Å². The van der Waals surface area contributed by atoms with Crippen LogP contribution >= 0.6 is 0 Å². The third-order valence-corrected chi connectivity index (χ3v) is 9.99. The molecule has 2 fully saturated rings. The molecule has 0 saturated heterocycles. The van der Waals surface area contributed by atoms with Crippen molar-refractivity contribution in [3.05, 3.63) is 53.6 Å². The first kappa shape index (κ1) is 38.0. The zero-order valence-electron chi connectivity index (χ0n) is 29.4. The van der Waals surface area contributed by atoms with Crippen molar-refractivity contribution in [3.8, 4) is 23.0 Å². The Morgan fingerprint density at radius 1 is 1.10 bits per heavy atom. The van der Waals surface area contributed by atoms with Gasteiger partial charge in [0.15, 0.2) is 34.7 Å². The Labute approximate surface area is 290 Å². The van der Waals surface area contributed by atoms with Crippen LogP contribution in [0.25, 0.3) is 0 Å². The number of rotatable bonds is 19. The van der Waals surface area contributed by atoms with Crippen molar-refractivity contribution in [3.63, 3.8) is 0 Å². The molecule has 0 amide bonds. The highest BCUT2D eigenvalue weighted by Gasteiger charge is 2.42. The number of hydrogen-bond acceptors (Lipinski definition) is 9. The van der Waals surface area contributed by atoms with Crippen LogP contribution in [0.2, 0.25) is 0 Å². The number of nitrogens with one attached hydrogen (secondary N) is 2. The van der Waals surface area contributed by atoms with E-state index in [0.29, 0.717) is 68.5 Å². The number of phenolic OH excluding ortho intramolecular Hbond substituents is 2. The molecule has 2 atom stereocenters. The molecule has 2 aliphatic carbocycles. The summed E-state index contributed by atoms with van der Waals surface area (Å²) in [7, 11) is 5.01. The van der Waals surface area contributed by atoms with Crippen molar-refractivity contribution in [1.29, 1.82) is 0 Å². The number of carbonyl (C=O) groups excluding carboxylic acids is 1. The summed E-state index contributed by atoms with van der Waals surface area (Å²) >= 11 is 0. The quantitative estimate of drug-likeness (QED) is 0.0379. The molecule has 0 aromatic heterocycles. The van der Waals surface area contributed by atoms with Gasteiger partial charge in [0.2, 0.25) is 0 Å². The van der Waals surface area contributed by atoms with Crippen molar-refractivity contribution in [2.24, 2.45) is 22.1 Å². The van der Waals surface area contributed by atoms with E-state index in [-0.39, 0.29) is 29.8 Å². The number of ether oxygens (including phenoxy) is 3. The van der Waals surface area contributed by atoms with Gasteiger partial charge in [-0.25, -0.2) is 0 Å². The van der Waals surface area contributed by atoms with Gasteiger partial charge >= 0.3 is 0 Å². The highest BCUT2D eigenvalue weighted by atomic mass is 16.5. The normalized spacial score (nSPS) is 20.6. The number of phenols is 2. The number of aromatic hydroxyl groups is 2. The number of methoxy groups -OCH3 is 1. The summed E-state index contributed by atoms with van der Waals surface area (Å²) in [5, 5.41) is 36.6. The summed E-state index contributed by atoms with van der Waals surface area (Å²) in [4.78, 5) is 17.7. The van der Waals surface area contributed by atoms with E-state index in [9.17, 15) is 15.0 Å². The van der Waals surface area contributed by atoms with E-state index >= 15 is 0 Å². The Morgan fingerprint density at radius 3 is 2.59 bits per heavy atom. The number of aliphatic imine (C=N–C) groups is 1. The third kappa shape index (κ3) is 10.4. The number of guanidine groups is 1. The van der Waals surface area contributed by atoms with Crippen LogP contribution in [-0.4, -0.2) is 80.2 Å². The molecule has 4 rings (SSSR count). The fraction of sp³-hybridized carbons (Fsp3) is 0.579. The number of aliphatic hydroxyl groups is 1. The number of aliphatic hydroxyl groups excluding tert-OH is 1. The molecular weight excluding hydrogens is 624 g/mol. The second-order valence-electron chi connectivity index (χ2n) is 13.6. The Balaban J connectivity index is 1.47. The topological polar surface area (TPSA) is 168 Å². The van der Waals surface area contributed by atoms with Crippen LogP contribution < -0.4 is 25.8 Å². The van der Waals surface area contributed by atoms with Crippen molar-refractivity contribution in [2.75, 3.05) is 52.9 Å². The Morgan fingerprint density at radius 2 is 1.88 bits per heavy atom. The molecular formula is C38H56N4O7. The number of hydrogen-bond donors (Lipinski definition) is 6. The molecule has 0 bridgehead atoms. The fourth-order valence-electron chi connectivity index (χ4n) is 7.39. The number of anilines is 1. The number of aryl methyl sites for hydroxylation is 1. The molecule has 11 heteroatoms. The lowest BCUT2D eigenvalue weighted by Gasteiger charge is -2.31. The largest absolute Gasteiger partial charge is 0.504 e. The first-order valence-electron chi connectivity index (χ1n) is 17.6. The summed E-state index contributed by atoms with van der Waals surface area (Å²) in [6.07, 6.45) is 13.4. The predicted molar refractivity (Wildman–Crippen MR) is 193 cm³/mol. The minimum Gasteiger partial charge on any atom is -0.504 e. The molecule has 2 aromatic rings. The number of nitrogens with zero attached hydrogens (tertiary/aromatic N) is 1. The van der Waals surface area contributed by atoms with Gasteiger partial charge in [-0.1, -0.05) is 25.0 Å². The first-order chi connectivity index (χ1) is 23.7. The van der Waals surface area contributed by atoms with Gasteiger partial charge in [-0.3, -0.25) is 9.79 Å². The van der Waals surface area contributed by atoms with Gasteiger partial charge in [0, 0.05) is 38.8 Å². The molecule has 0 unspecified atom stereocenters. The number of carbonyl (C=O) groups is 1. The van der Waals surface area contributed by atoms with Gasteiger partial charge in [-0.2, -0.15) is 0 Å². The lowest BCUT2D eigenvalue weighted by atomic mass is 9.76. The highest BCUT2D eigenvalue weighted by molar-refractivity contribution is 5.95. The molecule has 49 heavy (non-hydrogen) atoms. The summed E-state index contributed by atoms with van der Waals surface area (Å²) in [5.74, 6) is 1.58. The Hall–Kier alpha value is -3.80. The molecule has 0 heterocycles. The summed E-state index contributed by atoms with van der Waals surface area (Å²) in [5.41, 5.74) is 7.35. The molecule has 2 aromatic carbocycles. The Bertz CT molecular complexity index is 1440. The van der Waals surface area contributed by atoms with Gasteiger partial charge in [0.05, 0.1) is 12.8 Å². The molecule has 270 valence electrons. The SMILES string of the molecule is CN=C(N)Nc1cc(CC/C=C/C(=O)C2(Cc3ccc(O)c(OC)c3)CCCC2)cc(O[C@]2(CNC)CC[C@@H](CCOCCCO)C2)c1O. The minimum absolute atomic E-state index is 0.0265. The van der Waals surface area contributed by atoms with Gasteiger partial charge < -0.3 is 45.9 Å². The van der Waals surface area contributed by atoms with Crippen molar-refractivity contribution >= 4 is 17.4 Å². The van der Waals surface area contributed by atoms with E-state index in [1.165, 1.54) is 7.11 Å². The average molecular weight is 681 g/mol. The summed E-state index contributed by atoms with van der Waals surface area (Å²) in [6.45, 7) is 1.96. The monoisotopic (exact) mass is 680 g/mol. The maximum atomic E-state index is 13.7. The van der Waals surface area contributed by atoms with Crippen LogP contribution in [0.5, 0.6) is 23.0 Å². The summed E-state index contributed by atoms with van der Waals surface area (Å²) in [6, 6.07) is 9.04. The van der Waals surface area contributed by atoms with E-state index in [1.807, 2.05) is 37.4 Å². The third-order valence-electron chi connectivity index (χ3n) is 9.99. The van der Waals surface area contributed by atoms with E-state index in [2.05, 4.69) is 15.6 Å². The second-order valence-corrected chi connectivity index (χ2v) is 13.6. The molecule has 7 N–H and O–H groups in total. The smallest absolute Gasteiger partial charge is 0.192 e. The van der Waals surface area contributed by atoms with Crippen molar-refractivity contribution in [1.82, 2.24) is 5.32 Å². The van der Waals surface area contributed by atoms with Crippen molar-refractivity contribution < 1.29 is 34.3 Å². The average Bonchev–Trinajstić information content (AvgIpc) is 3.73. The van der Waals surface area contributed by atoms with E-state index < -0.39 is 11.0 Å². The van der Waals surface area contributed by atoms with Crippen LogP contribution in [-0.2, 0) is 22.4 Å². The van der Waals surface area contributed by atoms with Crippen LogP contribution in [0.3, 0.4) is 0 Å². The van der Waals surface area contributed by atoms with E-state index in [0.717, 1.165) is 62.5 Å². The number of allylic oxidation sites excluding steroid dienone is 2. The number of ketones is 1.